The number of carbonyl (C=O) groups excluding carboxylic acids is 1. The first-order chi connectivity index (χ1) is 10.2. The van der Waals surface area contributed by atoms with Crippen LogP contribution in [0.25, 0.3) is 5.69 Å². The molecule has 0 bridgehead atoms. The number of carbonyl (C=O) groups is 1. The van der Waals surface area contributed by atoms with Crippen LogP contribution in [0.2, 0.25) is 0 Å². The molecule has 1 heterocycles. The zero-order valence-electron chi connectivity index (χ0n) is 11.1. The lowest BCUT2D eigenvalue weighted by Crippen LogP contribution is -2.06. The van der Waals surface area contributed by atoms with Crippen LogP contribution in [0, 0.1) is 0 Å². The van der Waals surface area contributed by atoms with Crippen LogP contribution in [-0.4, -0.2) is 20.8 Å². The third kappa shape index (κ3) is 3.25. The first-order valence-corrected chi connectivity index (χ1v) is 7.27. The summed E-state index contributed by atoms with van der Waals surface area (Å²) in [5, 5.41) is 8.39. The van der Waals surface area contributed by atoms with Crippen molar-refractivity contribution >= 4 is 21.7 Å². The van der Waals surface area contributed by atoms with E-state index in [-0.39, 0.29) is 5.78 Å². The lowest BCUT2D eigenvalue weighted by molar-refractivity contribution is 0.0988. The Morgan fingerprint density at radius 1 is 1.10 bits per heavy atom. The molecule has 0 aliphatic rings. The summed E-state index contributed by atoms with van der Waals surface area (Å²) >= 11 is 3.40. The Morgan fingerprint density at radius 2 is 1.90 bits per heavy atom. The molecule has 3 rings (SSSR count). The molecule has 5 heteroatoms. The summed E-state index contributed by atoms with van der Waals surface area (Å²) in [4.78, 5) is 13.7. The number of benzene rings is 2. The zero-order valence-corrected chi connectivity index (χ0v) is 12.7. The number of nitrogens with zero attached hydrogens (tertiary/aromatic N) is 3. The van der Waals surface area contributed by atoms with Gasteiger partial charge in [0.05, 0.1) is 11.9 Å². The Hall–Kier alpha value is -2.27. The molecule has 0 saturated heterocycles. The van der Waals surface area contributed by atoms with E-state index in [1.165, 1.54) is 11.0 Å². The molecule has 104 valence electrons. The second kappa shape index (κ2) is 6.01. The fourth-order valence-corrected chi connectivity index (χ4v) is 2.45. The summed E-state index contributed by atoms with van der Waals surface area (Å²) in [6.07, 6.45) is 1.82. The minimum atomic E-state index is -0.0460. The molecule has 0 aliphatic carbocycles. The Bertz CT molecular complexity index is 768. The average molecular weight is 342 g/mol. The molecule has 0 spiro atoms. The maximum atomic E-state index is 12.2. The van der Waals surface area contributed by atoms with Crippen LogP contribution >= 0.6 is 15.9 Å². The summed E-state index contributed by atoms with van der Waals surface area (Å²) < 4.78 is 0.959. The van der Waals surface area contributed by atoms with E-state index < -0.39 is 0 Å². The van der Waals surface area contributed by atoms with Gasteiger partial charge in [0.15, 0.2) is 5.78 Å². The monoisotopic (exact) mass is 341 g/mol. The number of rotatable bonds is 4. The Kier molecular flexibility index (Phi) is 3.92. The van der Waals surface area contributed by atoms with E-state index in [1.807, 2.05) is 54.6 Å². The first-order valence-electron chi connectivity index (χ1n) is 6.48. The molecule has 0 atom stereocenters. The molecule has 1 aromatic heterocycles. The van der Waals surface area contributed by atoms with Crippen molar-refractivity contribution in [2.24, 2.45) is 0 Å². The Balaban J connectivity index is 1.78. The van der Waals surface area contributed by atoms with Crippen molar-refractivity contribution in [2.75, 3.05) is 0 Å². The van der Waals surface area contributed by atoms with Gasteiger partial charge in [-0.15, -0.1) is 5.10 Å². The van der Waals surface area contributed by atoms with Crippen molar-refractivity contribution in [3.63, 3.8) is 0 Å². The van der Waals surface area contributed by atoms with Gasteiger partial charge in [0, 0.05) is 10.9 Å². The molecule has 0 N–H and O–H groups in total. The summed E-state index contributed by atoms with van der Waals surface area (Å²) in [5.41, 5.74) is 2.15. The Labute approximate surface area is 130 Å². The van der Waals surface area contributed by atoms with Crippen molar-refractivity contribution in [3.05, 3.63) is 76.5 Å². The minimum absolute atomic E-state index is 0.0460. The van der Waals surface area contributed by atoms with Crippen molar-refractivity contribution in [1.29, 1.82) is 0 Å². The van der Waals surface area contributed by atoms with E-state index in [0.29, 0.717) is 12.1 Å². The van der Waals surface area contributed by atoms with Gasteiger partial charge in [-0.05, 0) is 29.8 Å². The van der Waals surface area contributed by atoms with Gasteiger partial charge in [0.25, 0.3) is 0 Å². The molecule has 2 aromatic carbocycles. The van der Waals surface area contributed by atoms with Gasteiger partial charge in [0.1, 0.15) is 5.69 Å². The van der Waals surface area contributed by atoms with E-state index in [1.54, 1.807) is 0 Å². The van der Waals surface area contributed by atoms with E-state index in [9.17, 15) is 4.79 Å². The lowest BCUT2D eigenvalue weighted by Gasteiger charge is -2.00. The third-order valence-corrected chi connectivity index (χ3v) is 3.51. The van der Waals surface area contributed by atoms with E-state index in [4.69, 9.17) is 0 Å². The predicted octanol–water partition coefficient (Wildman–Crippen LogP) is 3.46. The summed E-state index contributed by atoms with van der Waals surface area (Å²) in [5.74, 6) is -0.0460. The van der Waals surface area contributed by atoms with E-state index in [2.05, 4.69) is 26.1 Å². The minimum Gasteiger partial charge on any atom is -0.292 e. The van der Waals surface area contributed by atoms with Crippen LogP contribution < -0.4 is 0 Å². The molecule has 0 radical (unpaired) electrons. The van der Waals surface area contributed by atoms with Crippen molar-refractivity contribution in [2.45, 2.75) is 6.42 Å². The SMILES string of the molecule is O=C(Cc1cccc(Br)c1)c1cnn(-c2ccccc2)n1. The number of hydrogen-bond acceptors (Lipinski definition) is 3. The highest BCUT2D eigenvalue weighted by Gasteiger charge is 2.12. The second-order valence-electron chi connectivity index (χ2n) is 4.58. The highest BCUT2D eigenvalue weighted by Crippen LogP contribution is 2.13. The zero-order chi connectivity index (χ0) is 14.7. The molecule has 0 fully saturated rings. The first kappa shape index (κ1) is 13.7. The number of Topliss-reactive ketones (excluding diaryl/α,β-unsaturated/α-hetero) is 1. The fourth-order valence-electron chi connectivity index (χ4n) is 2.00. The molecule has 0 amide bonds. The van der Waals surface area contributed by atoms with Crippen LogP contribution in [0.15, 0.2) is 65.3 Å². The number of hydrogen-bond donors (Lipinski definition) is 0. The topological polar surface area (TPSA) is 47.8 Å². The van der Waals surface area contributed by atoms with E-state index >= 15 is 0 Å². The third-order valence-electron chi connectivity index (χ3n) is 3.02. The molecular weight excluding hydrogens is 330 g/mol. The van der Waals surface area contributed by atoms with Gasteiger partial charge in [-0.25, -0.2) is 0 Å². The summed E-state index contributed by atoms with van der Waals surface area (Å²) in [6.45, 7) is 0. The number of para-hydroxylation sites is 1. The average Bonchev–Trinajstić information content (AvgIpc) is 2.98. The number of halogens is 1. The van der Waals surface area contributed by atoms with Crippen LogP contribution in [0.1, 0.15) is 16.1 Å². The van der Waals surface area contributed by atoms with Gasteiger partial charge in [-0.2, -0.15) is 9.90 Å². The predicted molar refractivity (Wildman–Crippen MR) is 83.5 cm³/mol. The standard InChI is InChI=1S/C16H12BrN3O/c17-13-6-4-5-12(9-13)10-16(21)15-11-18-20(19-15)14-7-2-1-3-8-14/h1-9,11H,10H2. The van der Waals surface area contributed by atoms with Crippen LogP contribution in [-0.2, 0) is 6.42 Å². The van der Waals surface area contributed by atoms with Crippen LogP contribution in [0.5, 0.6) is 0 Å². The fraction of sp³-hybridized carbons (Fsp3) is 0.0625. The van der Waals surface area contributed by atoms with E-state index in [0.717, 1.165) is 15.7 Å². The second-order valence-corrected chi connectivity index (χ2v) is 5.50. The van der Waals surface area contributed by atoms with Crippen LogP contribution in [0.4, 0.5) is 0 Å². The van der Waals surface area contributed by atoms with Crippen molar-refractivity contribution in [3.8, 4) is 5.69 Å². The van der Waals surface area contributed by atoms with Gasteiger partial charge < -0.3 is 0 Å². The maximum Gasteiger partial charge on any atom is 0.189 e. The molecule has 0 aliphatic heterocycles. The van der Waals surface area contributed by atoms with Crippen LogP contribution in [0.3, 0.4) is 0 Å². The normalized spacial score (nSPS) is 10.5. The molecule has 0 saturated carbocycles. The largest absolute Gasteiger partial charge is 0.292 e. The van der Waals surface area contributed by atoms with Crippen molar-refractivity contribution in [1.82, 2.24) is 15.0 Å². The summed E-state index contributed by atoms with van der Waals surface area (Å²) in [7, 11) is 0. The quantitative estimate of drug-likeness (QED) is 0.683. The molecule has 3 aromatic rings. The van der Waals surface area contributed by atoms with Gasteiger partial charge in [-0.1, -0.05) is 46.3 Å². The highest BCUT2D eigenvalue weighted by atomic mass is 79.9. The Morgan fingerprint density at radius 3 is 2.67 bits per heavy atom. The van der Waals surface area contributed by atoms with Crippen molar-refractivity contribution < 1.29 is 4.79 Å². The smallest absolute Gasteiger partial charge is 0.189 e. The molecule has 4 nitrogen and oxygen atoms in total. The van der Waals surface area contributed by atoms with Gasteiger partial charge in [-0.3, -0.25) is 4.79 Å². The lowest BCUT2D eigenvalue weighted by atomic mass is 10.1. The van der Waals surface area contributed by atoms with Gasteiger partial charge >= 0.3 is 0 Å². The maximum absolute atomic E-state index is 12.2. The molecular formula is C16H12BrN3O. The summed E-state index contributed by atoms with van der Waals surface area (Å²) in [6, 6.07) is 17.2. The molecule has 21 heavy (non-hydrogen) atoms. The highest BCUT2D eigenvalue weighted by molar-refractivity contribution is 9.10. The number of aromatic nitrogens is 3. The van der Waals surface area contributed by atoms with Gasteiger partial charge in [0.2, 0.25) is 0 Å². The number of ketones is 1. The molecule has 0 unspecified atom stereocenters.